The van der Waals surface area contributed by atoms with Crippen LogP contribution in [0.4, 0.5) is 17.6 Å². The molecule has 0 spiro atoms. The molecule has 0 aliphatic heterocycles. The molecule has 0 atom stereocenters. The Morgan fingerprint density at radius 3 is 2.49 bits per heavy atom. The first-order valence-electron chi connectivity index (χ1n) is 10.6. The van der Waals surface area contributed by atoms with Gasteiger partial charge in [0.25, 0.3) is 5.56 Å². The second-order valence-electron chi connectivity index (χ2n) is 7.81. The highest BCUT2D eigenvalue weighted by molar-refractivity contribution is 7.99. The number of carboxylic acids is 1. The number of hydrogen-bond acceptors (Lipinski definition) is 5. The molecule has 12 heteroatoms. The van der Waals surface area contributed by atoms with Gasteiger partial charge < -0.3 is 15.1 Å². The SMILES string of the molecule is O=C(O)C(F)(F)F.O=c1[nH]ccc2c3[nH]c(Sc4cncc5ccccc45)nc3c3ccc(F)cc3c12. The number of benzene rings is 3. The molecule has 0 bridgehead atoms. The van der Waals surface area contributed by atoms with Gasteiger partial charge in [-0.2, -0.15) is 13.2 Å². The van der Waals surface area contributed by atoms with Gasteiger partial charge in [-0.1, -0.05) is 24.3 Å². The molecule has 0 saturated carbocycles. The standard InChI is InChI=1S/C23H13FN4OS.C2HF3O2/c24-13-5-6-15-17(9-13)19-16(7-8-26-22(19)29)21-20(15)27-23(28-21)30-18-11-25-10-12-3-1-2-4-14(12)18;3-2(4,5)1(6)7/h1-11H,(H,26,29)(H,27,28);(H,6,7). The number of halogens is 4. The molecular weight excluding hydrogens is 512 g/mol. The van der Waals surface area contributed by atoms with Crippen molar-refractivity contribution < 1.29 is 27.5 Å². The summed E-state index contributed by atoms with van der Waals surface area (Å²) < 4.78 is 45.7. The molecule has 0 amide bonds. The van der Waals surface area contributed by atoms with Crippen molar-refractivity contribution in [1.82, 2.24) is 19.9 Å². The van der Waals surface area contributed by atoms with Crippen molar-refractivity contribution in [2.75, 3.05) is 0 Å². The van der Waals surface area contributed by atoms with E-state index in [4.69, 9.17) is 14.9 Å². The monoisotopic (exact) mass is 526 g/mol. The molecule has 0 unspecified atom stereocenters. The first-order chi connectivity index (χ1) is 17.6. The van der Waals surface area contributed by atoms with Gasteiger partial charge in [-0.25, -0.2) is 14.2 Å². The summed E-state index contributed by atoms with van der Waals surface area (Å²) >= 11 is 1.48. The summed E-state index contributed by atoms with van der Waals surface area (Å²) in [6.07, 6.45) is 0.161. The Morgan fingerprint density at radius 2 is 1.73 bits per heavy atom. The molecule has 0 fully saturated rings. The summed E-state index contributed by atoms with van der Waals surface area (Å²) in [6, 6.07) is 14.3. The number of rotatable bonds is 2. The molecule has 6 rings (SSSR count). The minimum atomic E-state index is -5.08. The molecule has 3 aromatic heterocycles. The van der Waals surface area contributed by atoms with E-state index < -0.39 is 18.0 Å². The van der Waals surface area contributed by atoms with Crippen LogP contribution in [0.2, 0.25) is 0 Å². The Bertz CT molecular complexity index is 1880. The van der Waals surface area contributed by atoms with Crippen molar-refractivity contribution in [2.45, 2.75) is 16.2 Å². The number of carboxylic acid groups (broad SMARTS) is 1. The lowest BCUT2D eigenvalue weighted by Crippen LogP contribution is -2.21. The maximum absolute atomic E-state index is 14.0. The molecule has 3 N–H and O–H groups in total. The minimum absolute atomic E-state index is 0.257. The average molecular weight is 526 g/mol. The fraction of sp³-hybridized carbons (Fsp3) is 0.0400. The van der Waals surface area contributed by atoms with Gasteiger partial charge in [0.2, 0.25) is 0 Å². The number of hydrogen-bond donors (Lipinski definition) is 3. The summed E-state index contributed by atoms with van der Waals surface area (Å²) in [5, 5.41) is 12.4. The number of fused-ring (bicyclic) bond motifs is 7. The van der Waals surface area contributed by atoms with Gasteiger partial charge in [0.15, 0.2) is 5.16 Å². The molecule has 0 aliphatic carbocycles. The molecule has 7 nitrogen and oxygen atoms in total. The fourth-order valence-corrected chi connectivity index (χ4v) is 4.86. The Hall–Kier alpha value is -4.45. The third kappa shape index (κ3) is 4.58. The molecule has 37 heavy (non-hydrogen) atoms. The van der Waals surface area contributed by atoms with Crippen molar-refractivity contribution in [3.05, 3.63) is 83.3 Å². The van der Waals surface area contributed by atoms with Crippen LogP contribution in [0, 0.1) is 5.82 Å². The molecule has 3 heterocycles. The summed E-state index contributed by atoms with van der Waals surface area (Å²) in [4.78, 5) is 37.6. The predicted molar refractivity (Wildman–Crippen MR) is 131 cm³/mol. The first-order valence-corrected chi connectivity index (χ1v) is 11.4. The van der Waals surface area contributed by atoms with Crippen LogP contribution in [-0.4, -0.2) is 37.2 Å². The molecule has 3 aromatic carbocycles. The molecular formula is C25H14F4N4O3S. The smallest absolute Gasteiger partial charge is 0.475 e. The van der Waals surface area contributed by atoms with Crippen LogP contribution < -0.4 is 5.56 Å². The summed E-state index contributed by atoms with van der Waals surface area (Å²) in [6.45, 7) is 0. The van der Waals surface area contributed by atoms with Crippen LogP contribution in [0.25, 0.3) is 43.4 Å². The van der Waals surface area contributed by atoms with E-state index in [9.17, 15) is 22.4 Å². The van der Waals surface area contributed by atoms with Crippen LogP contribution in [-0.2, 0) is 4.79 Å². The summed E-state index contributed by atoms with van der Waals surface area (Å²) in [5.41, 5.74) is 1.21. The third-order valence-corrected chi connectivity index (χ3v) is 6.43. The van der Waals surface area contributed by atoms with Crippen LogP contribution >= 0.6 is 11.8 Å². The molecule has 0 saturated heterocycles. The number of H-pyrrole nitrogens is 2. The van der Waals surface area contributed by atoms with Crippen LogP contribution in [0.3, 0.4) is 0 Å². The number of nitrogens with zero attached hydrogens (tertiary/aromatic N) is 2. The molecule has 6 aromatic rings. The number of nitrogens with one attached hydrogen (secondary N) is 2. The van der Waals surface area contributed by atoms with E-state index in [2.05, 4.69) is 21.0 Å². The van der Waals surface area contributed by atoms with E-state index in [1.54, 1.807) is 12.3 Å². The Labute approximate surface area is 208 Å². The number of pyridine rings is 2. The van der Waals surface area contributed by atoms with E-state index in [0.29, 0.717) is 26.8 Å². The van der Waals surface area contributed by atoms with Crippen LogP contribution in [0.1, 0.15) is 0 Å². The number of alkyl halides is 3. The lowest BCUT2D eigenvalue weighted by molar-refractivity contribution is -0.192. The van der Waals surface area contributed by atoms with Gasteiger partial charge in [0.1, 0.15) is 5.82 Å². The zero-order chi connectivity index (χ0) is 26.3. The normalized spacial score (nSPS) is 11.7. The summed E-state index contributed by atoms with van der Waals surface area (Å²) in [5.74, 6) is -3.15. The van der Waals surface area contributed by atoms with Crippen molar-refractivity contribution in [1.29, 1.82) is 0 Å². The second-order valence-corrected chi connectivity index (χ2v) is 8.85. The van der Waals surface area contributed by atoms with E-state index in [-0.39, 0.29) is 5.56 Å². The van der Waals surface area contributed by atoms with Gasteiger partial charge in [0, 0.05) is 45.0 Å². The largest absolute Gasteiger partial charge is 0.490 e. The lowest BCUT2D eigenvalue weighted by Gasteiger charge is -2.05. The molecule has 0 aliphatic rings. The Balaban J connectivity index is 0.000000355. The zero-order valence-electron chi connectivity index (χ0n) is 18.4. The average Bonchev–Trinajstić information content (AvgIpc) is 3.28. The number of carbonyl (C=O) groups is 1. The van der Waals surface area contributed by atoms with Crippen LogP contribution in [0.5, 0.6) is 0 Å². The lowest BCUT2D eigenvalue weighted by atomic mass is 10.0. The van der Waals surface area contributed by atoms with E-state index in [0.717, 1.165) is 26.6 Å². The fourth-order valence-electron chi connectivity index (χ4n) is 3.95. The zero-order valence-corrected chi connectivity index (χ0v) is 19.2. The number of aliphatic carboxylic acids is 1. The second kappa shape index (κ2) is 9.21. The highest BCUT2D eigenvalue weighted by Crippen LogP contribution is 2.37. The Morgan fingerprint density at radius 1 is 0.973 bits per heavy atom. The minimum Gasteiger partial charge on any atom is -0.475 e. The first kappa shape index (κ1) is 24.3. The topological polar surface area (TPSA) is 112 Å². The van der Waals surface area contributed by atoms with Crippen molar-refractivity contribution >= 4 is 61.1 Å². The van der Waals surface area contributed by atoms with E-state index >= 15 is 0 Å². The van der Waals surface area contributed by atoms with Crippen molar-refractivity contribution in [3.8, 4) is 0 Å². The maximum atomic E-state index is 14.0. The van der Waals surface area contributed by atoms with Crippen molar-refractivity contribution in [3.63, 3.8) is 0 Å². The van der Waals surface area contributed by atoms with Gasteiger partial charge >= 0.3 is 12.1 Å². The number of aromatic amines is 2. The van der Waals surface area contributed by atoms with E-state index in [1.807, 2.05) is 36.7 Å². The third-order valence-electron chi connectivity index (χ3n) is 5.50. The molecule has 0 radical (unpaired) electrons. The van der Waals surface area contributed by atoms with Gasteiger partial charge in [-0.3, -0.25) is 9.78 Å². The van der Waals surface area contributed by atoms with Gasteiger partial charge in [-0.05, 0) is 41.4 Å². The highest BCUT2D eigenvalue weighted by atomic mass is 32.2. The molecule has 186 valence electrons. The predicted octanol–water partition coefficient (Wildman–Crippen LogP) is 6.03. The van der Waals surface area contributed by atoms with E-state index in [1.165, 1.54) is 23.9 Å². The highest BCUT2D eigenvalue weighted by Gasteiger charge is 2.38. The van der Waals surface area contributed by atoms with Crippen LogP contribution in [0.15, 0.2) is 82.0 Å². The maximum Gasteiger partial charge on any atom is 0.490 e. The summed E-state index contributed by atoms with van der Waals surface area (Å²) in [7, 11) is 0. The van der Waals surface area contributed by atoms with Gasteiger partial charge in [0.05, 0.1) is 16.4 Å². The quantitative estimate of drug-likeness (QED) is 0.188. The number of aromatic nitrogens is 4. The number of imidazole rings is 1. The van der Waals surface area contributed by atoms with Gasteiger partial charge in [-0.15, -0.1) is 0 Å². The van der Waals surface area contributed by atoms with Crippen molar-refractivity contribution in [2.24, 2.45) is 0 Å². The Kier molecular flexibility index (Phi) is 6.04.